The van der Waals surface area contributed by atoms with E-state index in [1.807, 2.05) is 6.07 Å². The molecule has 0 saturated carbocycles. The van der Waals surface area contributed by atoms with Crippen molar-refractivity contribution in [1.29, 1.82) is 0 Å². The van der Waals surface area contributed by atoms with Crippen molar-refractivity contribution in [3.63, 3.8) is 0 Å². The van der Waals surface area contributed by atoms with Gasteiger partial charge in [0, 0.05) is 37.8 Å². The number of carbonyl (C=O) groups excluding carboxylic acids is 1. The molecule has 8 heteroatoms. The lowest BCUT2D eigenvalue weighted by Crippen LogP contribution is -2.15. The van der Waals surface area contributed by atoms with Gasteiger partial charge in [0.1, 0.15) is 6.61 Å². The first kappa shape index (κ1) is 13.9. The highest BCUT2D eigenvalue weighted by Gasteiger charge is 2.14. The van der Waals surface area contributed by atoms with Gasteiger partial charge in [-0.25, -0.2) is 0 Å². The van der Waals surface area contributed by atoms with E-state index in [4.69, 9.17) is 9.94 Å². The first-order valence-corrected chi connectivity index (χ1v) is 6.76. The SMILES string of the molecule is O=C(NBr)c1cccc(Br)c1COc1ccn(O)n1. The number of benzene rings is 1. The highest BCUT2D eigenvalue weighted by molar-refractivity contribution is 9.10. The van der Waals surface area contributed by atoms with E-state index in [0.29, 0.717) is 16.0 Å². The van der Waals surface area contributed by atoms with Crippen molar-refractivity contribution in [3.8, 4) is 5.88 Å². The molecule has 0 fully saturated rings. The molecule has 1 heterocycles. The zero-order valence-electron chi connectivity index (χ0n) is 9.51. The van der Waals surface area contributed by atoms with Gasteiger partial charge in [-0.2, -0.15) is 0 Å². The summed E-state index contributed by atoms with van der Waals surface area (Å²) in [6.07, 6.45) is 1.35. The van der Waals surface area contributed by atoms with E-state index in [1.165, 1.54) is 12.3 Å². The minimum absolute atomic E-state index is 0.147. The zero-order chi connectivity index (χ0) is 13.8. The van der Waals surface area contributed by atoms with Crippen molar-refractivity contribution >= 4 is 38.0 Å². The Bertz CT molecular complexity index is 601. The minimum Gasteiger partial charge on any atom is -0.472 e. The van der Waals surface area contributed by atoms with Gasteiger partial charge in [-0.05, 0) is 12.1 Å². The summed E-state index contributed by atoms with van der Waals surface area (Å²) in [6.45, 7) is 0.147. The van der Waals surface area contributed by atoms with Crippen LogP contribution in [0, 0.1) is 0 Å². The van der Waals surface area contributed by atoms with Crippen LogP contribution in [-0.4, -0.2) is 21.1 Å². The van der Waals surface area contributed by atoms with Crippen molar-refractivity contribution in [1.82, 2.24) is 14.3 Å². The quantitative estimate of drug-likeness (QED) is 0.621. The molecule has 0 saturated heterocycles. The number of hydrogen-bond acceptors (Lipinski definition) is 4. The summed E-state index contributed by atoms with van der Waals surface area (Å²) in [4.78, 5) is 12.4. The molecular formula is C11H9Br2N3O3. The molecule has 1 aromatic heterocycles. The van der Waals surface area contributed by atoms with Crippen LogP contribution in [0.15, 0.2) is 34.9 Å². The van der Waals surface area contributed by atoms with Crippen molar-refractivity contribution in [3.05, 3.63) is 46.1 Å². The van der Waals surface area contributed by atoms with Crippen LogP contribution >= 0.6 is 32.1 Å². The molecule has 1 amide bonds. The maximum absolute atomic E-state index is 11.7. The van der Waals surface area contributed by atoms with E-state index in [2.05, 4.69) is 41.5 Å². The number of nitrogens with one attached hydrogen (secondary N) is 1. The lowest BCUT2D eigenvalue weighted by atomic mass is 10.1. The third-order valence-corrected chi connectivity index (χ3v) is 3.47. The van der Waals surface area contributed by atoms with Crippen LogP contribution in [0.25, 0.3) is 0 Å². The normalized spacial score (nSPS) is 10.2. The molecular weight excluding hydrogens is 382 g/mol. The summed E-state index contributed by atoms with van der Waals surface area (Å²) < 4.78 is 8.55. The number of carbonyl (C=O) groups is 1. The first-order valence-electron chi connectivity index (χ1n) is 5.18. The molecule has 100 valence electrons. The van der Waals surface area contributed by atoms with Crippen LogP contribution < -0.4 is 9.08 Å². The molecule has 0 spiro atoms. The van der Waals surface area contributed by atoms with Crippen molar-refractivity contribution in [2.45, 2.75) is 6.61 Å². The van der Waals surface area contributed by atoms with Gasteiger partial charge in [-0.3, -0.25) is 9.14 Å². The van der Waals surface area contributed by atoms with Gasteiger partial charge in [0.15, 0.2) is 0 Å². The predicted molar refractivity (Wildman–Crippen MR) is 74.3 cm³/mol. The molecule has 1 aromatic carbocycles. The summed E-state index contributed by atoms with van der Waals surface area (Å²) >= 11 is 6.28. The van der Waals surface area contributed by atoms with E-state index < -0.39 is 0 Å². The summed E-state index contributed by atoms with van der Waals surface area (Å²) in [5, 5.41) is 12.7. The van der Waals surface area contributed by atoms with Gasteiger partial charge in [-0.15, -0.1) is 4.85 Å². The van der Waals surface area contributed by atoms with Gasteiger partial charge in [0.2, 0.25) is 5.88 Å². The molecule has 2 N–H and O–H groups in total. The maximum Gasteiger partial charge on any atom is 0.261 e. The Balaban J connectivity index is 2.21. The minimum atomic E-state index is -0.271. The fraction of sp³-hybridized carbons (Fsp3) is 0.0909. The first-order chi connectivity index (χ1) is 9.11. The van der Waals surface area contributed by atoms with E-state index in [0.717, 1.165) is 4.47 Å². The number of rotatable bonds is 4. The Morgan fingerprint density at radius 3 is 2.89 bits per heavy atom. The average Bonchev–Trinajstić information content (AvgIpc) is 2.82. The molecule has 0 aliphatic rings. The fourth-order valence-corrected chi connectivity index (χ4v) is 2.18. The second-order valence-electron chi connectivity index (χ2n) is 3.55. The molecule has 0 unspecified atom stereocenters. The topological polar surface area (TPSA) is 76.4 Å². The van der Waals surface area contributed by atoms with E-state index >= 15 is 0 Å². The molecule has 0 atom stereocenters. The number of hydrogen-bond donors (Lipinski definition) is 2. The Hall–Kier alpha value is -1.54. The van der Waals surface area contributed by atoms with Crippen molar-refractivity contribution < 1.29 is 14.7 Å². The Morgan fingerprint density at radius 1 is 1.47 bits per heavy atom. The van der Waals surface area contributed by atoms with Crippen LogP contribution in [-0.2, 0) is 6.61 Å². The molecule has 2 aromatic rings. The zero-order valence-corrected chi connectivity index (χ0v) is 12.7. The molecule has 19 heavy (non-hydrogen) atoms. The third kappa shape index (κ3) is 3.27. The Morgan fingerprint density at radius 2 is 2.26 bits per heavy atom. The van der Waals surface area contributed by atoms with E-state index in [9.17, 15) is 4.79 Å². The lowest BCUT2D eigenvalue weighted by Gasteiger charge is -2.10. The average molecular weight is 391 g/mol. The van der Waals surface area contributed by atoms with Gasteiger partial charge in [0.05, 0.1) is 6.20 Å². The van der Waals surface area contributed by atoms with Gasteiger partial charge >= 0.3 is 0 Å². The molecule has 2 rings (SSSR count). The van der Waals surface area contributed by atoms with E-state index in [-0.39, 0.29) is 18.4 Å². The van der Waals surface area contributed by atoms with Crippen LogP contribution in [0.3, 0.4) is 0 Å². The van der Waals surface area contributed by atoms with E-state index in [1.54, 1.807) is 12.1 Å². The number of amides is 1. The number of ether oxygens (including phenoxy) is 1. The lowest BCUT2D eigenvalue weighted by molar-refractivity contribution is 0.0983. The highest BCUT2D eigenvalue weighted by Crippen LogP contribution is 2.22. The second-order valence-corrected chi connectivity index (χ2v) is 4.80. The largest absolute Gasteiger partial charge is 0.472 e. The molecule has 0 radical (unpaired) electrons. The molecule has 0 bridgehead atoms. The molecule has 0 aliphatic carbocycles. The fourth-order valence-electron chi connectivity index (χ4n) is 1.49. The standard InChI is InChI=1S/C11H9Br2N3O3/c12-9-3-1-2-7(11(17)14-13)8(9)6-19-10-4-5-16(18)15-10/h1-5,18H,6H2,(H,14,17). The second kappa shape index (κ2) is 6.07. The summed E-state index contributed by atoms with van der Waals surface area (Å²) in [5.41, 5.74) is 1.17. The number of nitrogens with zero attached hydrogens (tertiary/aromatic N) is 2. The maximum atomic E-state index is 11.7. The Labute approximate surface area is 125 Å². The van der Waals surface area contributed by atoms with Crippen LogP contribution in [0.5, 0.6) is 5.88 Å². The summed E-state index contributed by atoms with van der Waals surface area (Å²) in [7, 11) is 0. The van der Waals surface area contributed by atoms with Crippen LogP contribution in [0.4, 0.5) is 0 Å². The predicted octanol–water partition coefficient (Wildman–Crippen LogP) is 2.50. The number of halogens is 2. The van der Waals surface area contributed by atoms with Gasteiger partial charge in [0.25, 0.3) is 5.91 Å². The summed E-state index contributed by atoms with van der Waals surface area (Å²) in [6, 6.07) is 6.77. The Kier molecular flexibility index (Phi) is 4.43. The highest BCUT2D eigenvalue weighted by atomic mass is 79.9. The van der Waals surface area contributed by atoms with Gasteiger partial charge < -0.3 is 9.94 Å². The van der Waals surface area contributed by atoms with Crippen LogP contribution in [0.1, 0.15) is 15.9 Å². The van der Waals surface area contributed by atoms with Crippen molar-refractivity contribution in [2.75, 3.05) is 0 Å². The third-order valence-electron chi connectivity index (χ3n) is 2.37. The monoisotopic (exact) mass is 389 g/mol. The van der Waals surface area contributed by atoms with Crippen LogP contribution in [0.2, 0.25) is 0 Å². The summed E-state index contributed by atoms with van der Waals surface area (Å²) in [5.74, 6) is -0.00367. The molecule has 6 nitrogen and oxygen atoms in total. The van der Waals surface area contributed by atoms with Crippen molar-refractivity contribution in [2.24, 2.45) is 0 Å². The van der Waals surface area contributed by atoms with Gasteiger partial charge in [-0.1, -0.05) is 27.1 Å². The molecule has 0 aliphatic heterocycles. The smallest absolute Gasteiger partial charge is 0.261 e. The number of aromatic nitrogens is 2.